The Morgan fingerprint density at radius 2 is 2.14 bits per heavy atom. The molecule has 2 aliphatic heterocycles. The Balaban J connectivity index is 1.43. The number of hydrogen-bond donors (Lipinski definition) is 1. The SMILES string of the molecule is Cc1ccc(NC2CCN(C(=O)CC3CCCO3)CC2)nn1. The minimum Gasteiger partial charge on any atom is -0.378 e. The molecule has 2 saturated heterocycles. The first kappa shape index (κ1) is 15.2. The molecule has 6 heteroatoms. The fourth-order valence-electron chi connectivity index (χ4n) is 3.09. The van der Waals surface area contributed by atoms with Crippen LogP contribution in [-0.4, -0.2) is 52.8 Å². The summed E-state index contributed by atoms with van der Waals surface area (Å²) in [7, 11) is 0. The van der Waals surface area contributed by atoms with E-state index in [-0.39, 0.29) is 12.0 Å². The molecule has 2 fully saturated rings. The molecule has 6 nitrogen and oxygen atoms in total. The zero-order valence-corrected chi connectivity index (χ0v) is 13.1. The summed E-state index contributed by atoms with van der Waals surface area (Å²) < 4.78 is 5.55. The van der Waals surface area contributed by atoms with Crippen LogP contribution in [0.5, 0.6) is 0 Å². The molecule has 0 aromatic carbocycles. The minimum atomic E-state index is 0.145. The molecule has 0 saturated carbocycles. The topological polar surface area (TPSA) is 67.4 Å². The summed E-state index contributed by atoms with van der Waals surface area (Å²) in [6.07, 6.45) is 4.70. The number of rotatable bonds is 4. The number of ether oxygens (including phenoxy) is 1. The quantitative estimate of drug-likeness (QED) is 0.918. The van der Waals surface area contributed by atoms with Crippen molar-refractivity contribution in [1.29, 1.82) is 0 Å². The lowest BCUT2D eigenvalue weighted by molar-refractivity contribution is -0.134. The molecule has 0 radical (unpaired) electrons. The number of piperidine rings is 1. The van der Waals surface area contributed by atoms with Gasteiger partial charge in [-0.25, -0.2) is 0 Å². The summed E-state index contributed by atoms with van der Waals surface area (Å²) in [5, 5.41) is 11.6. The van der Waals surface area contributed by atoms with Crippen molar-refractivity contribution in [1.82, 2.24) is 15.1 Å². The van der Waals surface area contributed by atoms with E-state index in [1.807, 2.05) is 24.0 Å². The smallest absolute Gasteiger partial charge is 0.225 e. The lowest BCUT2D eigenvalue weighted by Gasteiger charge is -2.33. The summed E-state index contributed by atoms with van der Waals surface area (Å²) in [5.74, 6) is 1.05. The van der Waals surface area contributed by atoms with Crippen LogP contribution in [0.4, 0.5) is 5.82 Å². The molecule has 22 heavy (non-hydrogen) atoms. The van der Waals surface area contributed by atoms with Gasteiger partial charge < -0.3 is 15.0 Å². The van der Waals surface area contributed by atoms with Crippen LogP contribution in [0.2, 0.25) is 0 Å². The molecule has 0 bridgehead atoms. The Hall–Kier alpha value is -1.69. The van der Waals surface area contributed by atoms with Gasteiger partial charge in [0.2, 0.25) is 5.91 Å². The van der Waals surface area contributed by atoms with E-state index in [0.717, 1.165) is 56.9 Å². The molecular formula is C16H24N4O2. The van der Waals surface area contributed by atoms with Crippen LogP contribution in [0.3, 0.4) is 0 Å². The predicted molar refractivity (Wildman–Crippen MR) is 83.6 cm³/mol. The highest BCUT2D eigenvalue weighted by Crippen LogP contribution is 2.19. The third-order valence-corrected chi connectivity index (χ3v) is 4.42. The van der Waals surface area contributed by atoms with E-state index >= 15 is 0 Å². The Bertz CT molecular complexity index is 491. The second kappa shape index (κ2) is 7.05. The molecule has 3 heterocycles. The van der Waals surface area contributed by atoms with Crippen LogP contribution < -0.4 is 5.32 Å². The van der Waals surface area contributed by atoms with Crippen molar-refractivity contribution in [2.45, 2.75) is 51.2 Å². The van der Waals surface area contributed by atoms with Crippen molar-refractivity contribution < 1.29 is 9.53 Å². The van der Waals surface area contributed by atoms with Crippen LogP contribution in [0.25, 0.3) is 0 Å². The first-order valence-corrected chi connectivity index (χ1v) is 8.17. The monoisotopic (exact) mass is 304 g/mol. The number of aryl methyl sites for hydroxylation is 1. The van der Waals surface area contributed by atoms with Crippen molar-refractivity contribution in [2.24, 2.45) is 0 Å². The van der Waals surface area contributed by atoms with E-state index in [1.165, 1.54) is 0 Å². The Labute approximate surface area is 131 Å². The third-order valence-electron chi connectivity index (χ3n) is 4.42. The van der Waals surface area contributed by atoms with Gasteiger partial charge in [-0.1, -0.05) is 0 Å². The van der Waals surface area contributed by atoms with E-state index in [1.54, 1.807) is 0 Å². The standard InChI is InChI=1S/C16H24N4O2/c1-12-4-5-15(19-18-12)17-13-6-8-20(9-7-13)16(21)11-14-3-2-10-22-14/h4-5,13-14H,2-3,6-11H2,1H3,(H,17,19). The van der Waals surface area contributed by atoms with Crippen LogP contribution in [-0.2, 0) is 9.53 Å². The minimum absolute atomic E-state index is 0.145. The normalized spacial score (nSPS) is 22.8. The lowest BCUT2D eigenvalue weighted by Crippen LogP contribution is -2.43. The van der Waals surface area contributed by atoms with Crippen molar-refractivity contribution in [3.05, 3.63) is 17.8 Å². The van der Waals surface area contributed by atoms with Crippen molar-refractivity contribution >= 4 is 11.7 Å². The highest BCUT2D eigenvalue weighted by Gasteiger charge is 2.26. The van der Waals surface area contributed by atoms with E-state index in [0.29, 0.717) is 12.5 Å². The Morgan fingerprint density at radius 3 is 2.77 bits per heavy atom. The maximum Gasteiger partial charge on any atom is 0.225 e. The van der Waals surface area contributed by atoms with Gasteiger partial charge in [-0.05, 0) is 44.7 Å². The van der Waals surface area contributed by atoms with Gasteiger partial charge >= 0.3 is 0 Å². The van der Waals surface area contributed by atoms with E-state index in [9.17, 15) is 4.79 Å². The molecule has 1 amide bonds. The van der Waals surface area contributed by atoms with Gasteiger partial charge in [0.1, 0.15) is 5.82 Å². The molecule has 3 rings (SSSR count). The van der Waals surface area contributed by atoms with Gasteiger partial charge in [0.25, 0.3) is 0 Å². The third kappa shape index (κ3) is 3.94. The van der Waals surface area contributed by atoms with Gasteiger partial charge in [-0.3, -0.25) is 4.79 Å². The highest BCUT2D eigenvalue weighted by molar-refractivity contribution is 5.76. The fourth-order valence-corrected chi connectivity index (χ4v) is 3.09. The number of likely N-dealkylation sites (tertiary alicyclic amines) is 1. The molecule has 0 aliphatic carbocycles. The van der Waals surface area contributed by atoms with Crippen molar-refractivity contribution in [2.75, 3.05) is 25.0 Å². The van der Waals surface area contributed by atoms with Gasteiger partial charge in [-0.2, -0.15) is 5.10 Å². The van der Waals surface area contributed by atoms with Gasteiger partial charge in [0.05, 0.1) is 18.2 Å². The van der Waals surface area contributed by atoms with Gasteiger partial charge in [-0.15, -0.1) is 5.10 Å². The number of nitrogens with zero attached hydrogens (tertiary/aromatic N) is 3. The predicted octanol–water partition coefficient (Wildman–Crippen LogP) is 1.76. The molecule has 1 aromatic heterocycles. The summed E-state index contributed by atoms with van der Waals surface area (Å²) in [6.45, 7) is 4.35. The van der Waals surface area contributed by atoms with Crippen molar-refractivity contribution in [3.63, 3.8) is 0 Å². The number of carbonyl (C=O) groups excluding carboxylic acids is 1. The second-order valence-electron chi connectivity index (χ2n) is 6.20. The number of aromatic nitrogens is 2. The Morgan fingerprint density at radius 1 is 1.32 bits per heavy atom. The van der Waals surface area contributed by atoms with E-state index in [2.05, 4.69) is 15.5 Å². The maximum absolute atomic E-state index is 12.3. The zero-order valence-electron chi connectivity index (χ0n) is 13.1. The number of amides is 1. The molecule has 1 N–H and O–H groups in total. The number of anilines is 1. The fraction of sp³-hybridized carbons (Fsp3) is 0.688. The molecular weight excluding hydrogens is 280 g/mol. The highest BCUT2D eigenvalue weighted by atomic mass is 16.5. The lowest BCUT2D eigenvalue weighted by atomic mass is 10.0. The largest absolute Gasteiger partial charge is 0.378 e. The molecule has 1 aromatic rings. The van der Waals surface area contributed by atoms with Crippen molar-refractivity contribution in [3.8, 4) is 0 Å². The number of hydrogen-bond acceptors (Lipinski definition) is 5. The second-order valence-corrected chi connectivity index (χ2v) is 6.20. The summed E-state index contributed by atoms with van der Waals surface area (Å²) in [6, 6.07) is 4.27. The summed E-state index contributed by atoms with van der Waals surface area (Å²) >= 11 is 0. The maximum atomic E-state index is 12.3. The first-order chi connectivity index (χ1) is 10.7. The molecule has 1 atom stereocenters. The molecule has 2 aliphatic rings. The molecule has 0 spiro atoms. The average Bonchev–Trinajstić information content (AvgIpc) is 3.03. The Kier molecular flexibility index (Phi) is 4.87. The van der Waals surface area contributed by atoms with Crippen LogP contribution in [0, 0.1) is 6.92 Å². The molecule has 1 unspecified atom stereocenters. The van der Waals surface area contributed by atoms with Gasteiger partial charge in [0.15, 0.2) is 0 Å². The first-order valence-electron chi connectivity index (χ1n) is 8.17. The summed E-state index contributed by atoms with van der Waals surface area (Å²) in [4.78, 5) is 14.2. The van der Waals surface area contributed by atoms with Crippen LogP contribution in [0.1, 0.15) is 37.8 Å². The number of nitrogens with one attached hydrogen (secondary N) is 1. The molecule has 120 valence electrons. The average molecular weight is 304 g/mol. The number of carbonyl (C=O) groups is 1. The summed E-state index contributed by atoms with van der Waals surface area (Å²) in [5.41, 5.74) is 0.917. The van der Waals surface area contributed by atoms with Crippen LogP contribution in [0.15, 0.2) is 12.1 Å². The van der Waals surface area contributed by atoms with Gasteiger partial charge in [0, 0.05) is 25.7 Å². The zero-order chi connectivity index (χ0) is 15.4. The van der Waals surface area contributed by atoms with Crippen LogP contribution >= 0.6 is 0 Å². The van der Waals surface area contributed by atoms with E-state index < -0.39 is 0 Å². The van der Waals surface area contributed by atoms with E-state index in [4.69, 9.17) is 4.74 Å².